The van der Waals surface area contributed by atoms with E-state index >= 15 is 0 Å². The summed E-state index contributed by atoms with van der Waals surface area (Å²) in [5.41, 5.74) is 1.60. The number of nitriles is 5. The van der Waals surface area contributed by atoms with Gasteiger partial charge in [-0.2, -0.15) is 92.2 Å². The minimum absolute atomic E-state index is 0.0871. The Morgan fingerprint density at radius 2 is 0.628 bits per heavy atom. The van der Waals surface area contributed by atoms with Gasteiger partial charge in [0.2, 0.25) is 29.7 Å². The molecule has 2 atom stereocenters. The van der Waals surface area contributed by atoms with Gasteiger partial charge in [0.05, 0.1) is 128 Å². The Bertz CT molecular complexity index is 7320. The second-order valence-corrected chi connectivity index (χ2v) is 31.3. The second-order valence-electron chi connectivity index (χ2n) is 31.3. The van der Waals surface area contributed by atoms with Crippen LogP contribution in [0.4, 0.5) is 95.6 Å². The minimum Gasteiger partial charge on any atom is -0.394 e. The van der Waals surface area contributed by atoms with Crippen molar-refractivity contribution in [2.45, 2.75) is 133 Å². The van der Waals surface area contributed by atoms with Crippen molar-refractivity contribution >= 4 is 84.9 Å². The molecule has 1 aromatic carbocycles. The summed E-state index contributed by atoms with van der Waals surface area (Å²) in [5, 5.41) is 73.5. The fourth-order valence-electron chi connectivity index (χ4n) is 14.5. The molecule has 0 bridgehead atoms. The summed E-state index contributed by atoms with van der Waals surface area (Å²) in [5.74, 6) is 1.46. The third kappa shape index (κ3) is 22.2. The summed E-state index contributed by atoms with van der Waals surface area (Å²) < 4.78 is 201. The van der Waals surface area contributed by atoms with Crippen molar-refractivity contribution in [3.05, 3.63) is 215 Å². The number of anilines is 5. The molecule has 11 N–H and O–H groups in total. The van der Waals surface area contributed by atoms with Crippen molar-refractivity contribution in [1.82, 2.24) is 99.7 Å². The monoisotopic (exact) mass is 1890 g/mol. The molecule has 1 saturated heterocycles. The molecule has 3 fully saturated rings. The molecule has 3 aliphatic rings. The topological polar surface area (TPSA) is 481 Å². The van der Waals surface area contributed by atoms with Crippen LogP contribution >= 0.6 is 0 Å². The van der Waals surface area contributed by atoms with Crippen LogP contribution in [0.5, 0.6) is 0 Å². The molecule has 47 heteroatoms. The van der Waals surface area contributed by atoms with E-state index in [9.17, 15) is 97.3 Å². The number of halogens is 15. The molecule has 16 aromatic rings. The van der Waals surface area contributed by atoms with Gasteiger partial charge in [-0.05, 0) is 87.8 Å². The summed E-state index contributed by atoms with van der Waals surface area (Å²) in [7, 11) is 0. The van der Waals surface area contributed by atoms with Gasteiger partial charge in [0, 0.05) is 154 Å². The maximum absolute atomic E-state index is 13.1. The largest absolute Gasteiger partial charge is 0.417 e. The van der Waals surface area contributed by atoms with Gasteiger partial charge in [-0.1, -0.05) is 50.1 Å². The third-order valence-corrected chi connectivity index (χ3v) is 21.9. The molecule has 1 aliphatic heterocycles. The lowest BCUT2D eigenvalue weighted by molar-refractivity contribution is -0.138. The normalized spacial score (nSPS) is 14.1. The van der Waals surface area contributed by atoms with Gasteiger partial charge < -0.3 is 61.3 Å². The maximum Gasteiger partial charge on any atom is 0.417 e. The molecule has 137 heavy (non-hydrogen) atoms. The number of pyridine rings is 5. The molecule has 32 nitrogen and oxygen atoms in total. The predicted octanol–water partition coefficient (Wildman–Crippen LogP) is 19.4. The van der Waals surface area contributed by atoms with Crippen molar-refractivity contribution in [3.8, 4) is 86.6 Å². The van der Waals surface area contributed by atoms with E-state index in [-0.39, 0.29) is 136 Å². The van der Waals surface area contributed by atoms with Crippen LogP contribution in [0.2, 0.25) is 0 Å². The number of H-pyrrole nitrogens is 5. The predicted molar refractivity (Wildman–Crippen MR) is 467 cm³/mol. The lowest BCUT2D eigenvalue weighted by atomic mass is 10.1. The van der Waals surface area contributed by atoms with E-state index in [0.717, 1.165) is 125 Å². The highest BCUT2D eigenvalue weighted by Gasteiger charge is 2.38. The summed E-state index contributed by atoms with van der Waals surface area (Å²) in [6.07, 6.45) is 4.22. The Morgan fingerprint density at radius 3 is 0.891 bits per heavy atom. The van der Waals surface area contributed by atoms with Gasteiger partial charge in [0.1, 0.15) is 58.6 Å². The van der Waals surface area contributed by atoms with E-state index in [1.165, 1.54) is 62.0 Å². The third-order valence-electron chi connectivity index (χ3n) is 21.9. The van der Waals surface area contributed by atoms with Gasteiger partial charge in [0.15, 0.2) is 0 Å². The fourth-order valence-corrected chi connectivity index (χ4v) is 14.5. The molecule has 1 unspecified atom stereocenters. The van der Waals surface area contributed by atoms with E-state index in [1.807, 2.05) is 74.5 Å². The average molecular weight is 1890 g/mol. The molecule has 0 radical (unpaired) electrons. The number of nitrogens with one attached hydrogen (secondary N) is 10. The van der Waals surface area contributed by atoms with Crippen molar-refractivity contribution in [3.63, 3.8) is 0 Å². The smallest absolute Gasteiger partial charge is 0.394 e. The van der Waals surface area contributed by atoms with Crippen LogP contribution in [-0.2, 0) is 35.6 Å². The zero-order valence-electron chi connectivity index (χ0n) is 71.3. The molecular formula is C90H71F15N30O2. The molecule has 16 heterocycles. The number of nitrogens with zero attached hydrogens (tertiary/aromatic N) is 20. The highest BCUT2D eigenvalue weighted by atomic mass is 19.4. The SMILES string of the molecule is CC[C@H](C)Nc1ncc(C#N)c(-c2c[nH]c3ncc(C(F)(F)F)cc23)n1.N#Cc1cnc(NC(CO)c2ccccc2)nc1-c1c[nH]c2ncc(C(F)(F)F)cc12.N#Cc1cnc(NC2CC2)nc1-c1c[nH]c2ncc(C(F)(F)F)cc12.N#Cc1cnc(NC2CCCC2)nc1-c1c[nH]c2ncc(C(F)(F)F)cc12.N#Cc1cnc(NC2CCOCC2)nc1-c1c[nH]c2ncc(C(F)(F)F)cc12. The number of alkyl halides is 15. The quantitative estimate of drug-likeness (QED) is 0.0355. The van der Waals surface area contributed by atoms with Gasteiger partial charge in [-0.15, -0.1) is 0 Å². The Kier molecular flexibility index (Phi) is 27.8. The van der Waals surface area contributed by atoms with E-state index in [0.29, 0.717) is 76.6 Å². The van der Waals surface area contributed by atoms with Crippen LogP contribution in [0.15, 0.2) is 154 Å². The number of benzene rings is 1. The van der Waals surface area contributed by atoms with Crippen molar-refractivity contribution in [2.24, 2.45) is 0 Å². The van der Waals surface area contributed by atoms with Gasteiger partial charge in [0.25, 0.3) is 0 Å². The summed E-state index contributed by atoms with van der Waals surface area (Å²) in [6, 6.07) is 24.3. The van der Waals surface area contributed by atoms with Crippen LogP contribution in [-0.4, -0.2) is 149 Å². The first kappa shape index (κ1) is 95.0. The molecule has 0 spiro atoms. The number of aliphatic hydroxyl groups excluding tert-OH is 1. The first-order valence-corrected chi connectivity index (χ1v) is 41.8. The van der Waals surface area contributed by atoms with Gasteiger partial charge >= 0.3 is 30.9 Å². The maximum atomic E-state index is 13.1. The van der Waals surface area contributed by atoms with Gasteiger partial charge in [-0.3, -0.25) is 0 Å². The van der Waals surface area contributed by atoms with Crippen LogP contribution in [0, 0.1) is 56.7 Å². The van der Waals surface area contributed by atoms with Crippen molar-refractivity contribution in [2.75, 3.05) is 46.4 Å². The number of hydrogen-bond donors (Lipinski definition) is 11. The summed E-state index contributed by atoms with van der Waals surface area (Å²) in [4.78, 5) is 75.7. The molecule has 698 valence electrons. The van der Waals surface area contributed by atoms with E-state index < -0.39 is 64.7 Å². The number of ether oxygens (including phenoxy) is 1. The number of rotatable bonds is 18. The van der Waals surface area contributed by atoms with E-state index in [2.05, 4.69) is 126 Å². The minimum atomic E-state index is -4.56. The Labute approximate surface area is 763 Å². The van der Waals surface area contributed by atoms with Crippen LogP contribution < -0.4 is 26.6 Å². The number of hydrogen-bond acceptors (Lipinski definition) is 27. The van der Waals surface area contributed by atoms with Crippen molar-refractivity contribution < 1.29 is 75.7 Å². The second kappa shape index (κ2) is 40.1. The zero-order valence-corrected chi connectivity index (χ0v) is 71.3. The van der Waals surface area contributed by atoms with Crippen LogP contribution in [0.25, 0.3) is 111 Å². The van der Waals surface area contributed by atoms with Gasteiger partial charge in [-0.25, -0.2) is 74.8 Å². The zero-order chi connectivity index (χ0) is 97.3. The highest BCUT2D eigenvalue weighted by molar-refractivity contribution is 5.98. The molecule has 19 rings (SSSR count). The fraction of sp³-hybridized carbons (Fsp3) is 0.267. The number of aromatic amines is 5. The van der Waals surface area contributed by atoms with Crippen molar-refractivity contribution in [1.29, 1.82) is 26.3 Å². The lowest BCUT2D eigenvalue weighted by Gasteiger charge is -2.23. The van der Waals surface area contributed by atoms with E-state index in [1.54, 1.807) is 0 Å². The summed E-state index contributed by atoms with van der Waals surface area (Å²) >= 11 is 0. The standard InChI is InChI=1S/C21H15F3N6O.C18H15F3N6O.C18H15F3N6.C17H15F3N6.C16H11F3N6/c22-21(23,24)14-6-15-16(10-27-19(15)26-9-14)18-13(7-25)8-28-20(30-18)29-17(11-31)12-4-2-1-3-5-12;19-18(20,21)11-5-13-14(9-24-16(13)23-8-11)15-10(6-22)7-25-17(27-15)26-12-1-3-28-4-2-12;19-18(20,21)11-5-13-14(9-24-16(13)23-8-11)15-10(6-22)7-25-17(27-15)26-12-3-1-2-4-12;1-3-9(2)25-16-24-6-10(5-21)14(26-16)13-8-23-15-12(13)4-11(7-22-15)17(18,19)20;17-16(18,19)9-3-11-12(7-22-14(11)21-6-9)13-8(4-20)5-23-15(25-13)24-10-1-2-10/h1-6,8-10,17,31H,11H2,(H,26,27)(H,28,29,30);5,7-9,12H,1-4H2,(H,23,24)(H,25,26,27);5,7-9,12H,1-4H2,(H,23,24)(H,25,26,27);4,6-9H,3H2,1-2H3,(H,22,23)(H,24,25,26);3,5-7,10H,1-2H2,(H,21,22)(H,23,24,25)/t;;;9-;/m...0./s1. The Morgan fingerprint density at radius 1 is 0.365 bits per heavy atom. The first-order chi connectivity index (χ1) is 65.6. The van der Waals surface area contributed by atoms with Crippen LogP contribution in [0.1, 0.15) is 139 Å². The Hall–Kier alpha value is -16.6. The molecular weight excluding hydrogens is 1820 g/mol. The average Bonchev–Trinajstić information content (AvgIpc) is 1.64. The Balaban J connectivity index is 0.000000130. The number of aliphatic hydroxyl groups is 1. The number of fused-ring (bicyclic) bond motifs is 5. The highest BCUT2D eigenvalue weighted by Crippen LogP contribution is 2.43. The van der Waals surface area contributed by atoms with Crippen LogP contribution in [0.3, 0.4) is 0 Å². The molecule has 2 aliphatic carbocycles. The van der Waals surface area contributed by atoms with E-state index in [4.69, 9.17) is 4.74 Å². The molecule has 2 saturated carbocycles. The summed E-state index contributed by atoms with van der Waals surface area (Å²) in [6.45, 7) is 4.97. The number of aromatic nitrogens is 20. The molecule has 0 amide bonds. The molecule has 15 aromatic heterocycles. The first-order valence-electron chi connectivity index (χ1n) is 41.8. The lowest BCUT2D eigenvalue weighted by Crippen LogP contribution is -2.28.